The first kappa shape index (κ1) is 16.1. The van der Waals surface area contributed by atoms with E-state index in [9.17, 15) is 16.8 Å². The van der Waals surface area contributed by atoms with Crippen LogP contribution in [0.3, 0.4) is 0 Å². The largest absolute Gasteiger partial charge is 0.383 e. The molecular formula is C10H16N2O5S2. The predicted molar refractivity (Wildman–Crippen MR) is 69.5 cm³/mol. The molecule has 0 fully saturated rings. The number of sulfonamides is 2. The summed E-state index contributed by atoms with van der Waals surface area (Å²) in [4.78, 5) is -0.181. The third kappa shape index (κ3) is 4.55. The fourth-order valence-electron chi connectivity index (χ4n) is 1.43. The Labute approximate surface area is 112 Å². The molecule has 0 unspecified atom stereocenters. The van der Waals surface area contributed by atoms with Crippen LogP contribution in [0.5, 0.6) is 0 Å². The molecule has 9 heteroatoms. The molecule has 1 aromatic rings. The Hall–Kier alpha value is -1.00. The Balaban J connectivity index is 2.97. The lowest BCUT2D eigenvalue weighted by molar-refractivity contribution is 0.180. The van der Waals surface area contributed by atoms with Gasteiger partial charge in [-0.3, -0.25) is 0 Å². The van der Waals surface area contributed by atoms with E-state index in [-0.39, 0.29) is 16.4 Å². The van der Waals surface area contributed by atoms with Gasteiger partial charge in [0.1, 0.15) is 0 Å². The summed E-state index contributed by atoms with van der Waals surface area (Å²) in [6, 6.07) is 4.26. The topological polar surface area (TPSA) is 116 Å². The molecule has 0 radical (unpaired) electrons. The van der Waals surface area contributed by atoms with Crippen molar-refractivity contribution < 1.29 is 21.6 Å². The van der Waals surface area contributed by atoms with Crippen molar-refractivity contribution in [1.29, 1.82) is 0 Å². The van der Waals surface area contributed by atoms with E-state index in [0.29, 0.717) is 0 Å². The van der Waals surface area contributed by atoms with Crippen molar-refractivity contribution in [2.45, 2.75) is 22.8 Å². The van der Waals surface area contributed by atoms with Crippen LogP contribution < -0.4 is 9.86 Å². The highest BCUT2D eigenvalue weighted by atomic mass is 32.2. The highest BCUT2D eigenvalue weighted by Crippen LogP contribution is 2.13. The van der Waals surface area contributed by atoms with Crippen LogP contribution >= 0.6 is 0 Å². The van der Waals surface area contributed by atoms with Gasteiger partial charge < -0.3 is 4.74 Å². The average molecular weight is 308 g/mol. The summed E-state index contributed by atoms with van der Waals surface area (Å²) in [5.74, 6) is 0. The van der Waals surface area contributed by atoms with Crippen LogP contribution in [0.25, 0.3) is 0 Å². The van der Waals surface area contributed by atoms with Crippen molar-refractivity contribution >= 4 is 20.0 Å². The Kier molecular flexibility index (Phi) is 5.04. The number of primary sulfonamides is 1. The van der Waals surface area contributed by atoms with Crippen LogP contribution in [0.2, 0.25) is 0 Å². The van der Waals surface area contributed by atoms with Gasteiger partial charge >= 0.3 is 0 Å². The highest BCUT2D eigenvalue weighted by molar-refractivity contribution is 7.89. The van der Waals surface area contributed by atoms with Crippen LogP contribution in [0.4, 0.5) is 0 Å². The molecule has 0 aliphatic heterocycles. The van der Waals surface area contributed by atoms with Crippen molar-refractivity contribution in [3.63, 3.8) is 0 Å². The van der Waals surface area contributed by atoms with Crippen molar-refractivity contribution in [1.82, 2.24) is 4.72 Å². The molecule has 19 heavy (non-hydrogen) atoms. The number of nitrogens with two attached hydrogens (primary N) is 1. The third-order valence-electron chi connectivity index (χ3n) is 2.24. The molecule has 0 saturated carbocycles. The molecule has 0 spiro atoms. The maximum atomic E-state index is 11.9. The van der Waals surface area contributed by atoms with Gasteiger partial charge in [-0.05, 0) is 31.2 Å². The number of hydrogen-bond acceptors (Lipinski definition) is 5. The van der Waals surface area contributed by atoms with E-state index in [4.69, 9.17) is 9.88 Å². The first-order valence-electron chi connectivity index (χ1n) is 5.31. The number of rotatable bonds is 6. The zero-order valence-corrected chi connectivity index (χ0v) is 12.2. The summed E-state index contributed by atoms with van der Waals surface area (Å²) in [6.07, 6.45) is 0. The molecule has 7 nitrogen and oxygen atoms in total. The SMILES string of the molecule is COC[C@H](C)NS(=O)(=O)c1ccc(S(N)(=O)=O)cc1. The van der Waals surface area contributed by atoms with Crippen LogP contribution in [0.1, 0.15) is 6.92 Å². The van der Waals surface area contributed by atoms with Crippen LogP contribution in [0.15, 0.2) is 34.1 Å². The summed E-state index contributed by atoms with van der Waals surface area (Å²) >= 11 is 0. The molecule has 0 aliphatic rings. The Morgan fingerprint density at radius 2 is 1.63 bits per heavy atom. The standard InChI is InChI=1S/C10H16N2O5S2/c1-8(7-17-2)12-19(15,16)10-5-3-9(4-6-10)18(11,13)14/h3-6,8,12H,7H2,1-2H3,(H2,11,13,14)/t8-/m0/s1. The predicted octanol–water partition coefficient (Wildman–Crippen LogP) is -0.353. The second-order valence-electron chi connectivity index (χ2n) is 3.99. The molecular weight excluding hydrogens is 292 g/mol. The van der Waals surface area contributed by atoms with Gasteiger partial charge in [0, 0.05) is 13.2 Å². The molecule has 0 amide bonds. The Morgan fingerprint density at radius 3 is 2.05 bits per heavy atom. The maximum absolute atomic E-state index is 11.9. The maximum Gasteiger partial charge on any atom is 0.240 e. The molecule has 0 heterocycles. The summed E-state index contributed by atoms with van der Waals surface area (Å²) in [7, 11) is -6.08. The van der Waals surface area contributed by atoms with Gasteiger partial charge in [0.25, 0.3) is 0 Å². The second-order valence-corrected chi connectivity index (χ2v) is 7.27. The van der Waals surface area contributed by atoms with E-state index in [2.05, 4.69) is 4.72 Å². The Morgan fingerprint density at radius 1 is 1.16 bits per heavy atom. The van der Waals surface area contributed by atoms with Crippen molar-refractivity contribution in [2.24, 2.45) is 5.14 Å². The van der Waals surface area contributed by atoms with Gasteiger partial charge in [0.2, 0.25) is 20.0 Å². The minimum atomic E-state index is -3.83. The normalized spacial score (nSPS) is 14.3. The van der Waals surface area contributed by atoms with Crippen LogP contribution in [-0.4, -0.2) is 36.6 Å². The molecule has 1 aromatic carbocycles. The lowest BCUT2D eigenvalue weighted by Gasteiger charge is -2.13. The summed E-state index contributed by atoms with van der Waals surface area (Å²) in [6.45, 7) is 1.88. The molecule has 0 aliphatic carbocycles. The molecule has 0 saturated heterocycles. The van der Waals surface area contributed by atoms with Crippen molar-refractivity contribution in [3.8, 4) is 0 Å². The lowest BCUT2D eigenvalue weighted by Crippen LogP contribution is -2.35. The summed E-state index contributed by atoms with van der Waals surface area (Å²) in [5, 5.41) is 4.93. The van der Waals surface area contributed by atoms with Crippen LogP contribution in [-0.2, 0) is 24.8 Å². The van der Waals surface area contributed by atoms with Gasteiger partial charge in [-0.25, -0.2) is 26.7 Å². The highest BCUT2D eigenvalue weighted by Gasteiger charge is 2.18. The lowest BCUT2D eigenvalue weighted by atomic mass is 10.4. The number of ether oxygens (including phenoxy) is 1. The zero-order valence-electron chi connectivity index (χ0n) is 10.5. The third-order valence-corrected chi connectivity index (χ3v) is 4.77. The second kappa shape index (κ2) is 5.97. The monoisotopic (exact) mass is 308 g/mol. The molecule has 1 atom stereocenters. The van der Waals surface area contributed by atoms with Gasteiger partial charge in [-0.1, -0.05) is 0 Å². The first-order chi connectivity index (χ1) is 8.66. The quantitative estimate of drug-likeness (QED) is 0.745. The van der Waals surface area contributed by atoms with E-state index in [1.165, 1.54) is 19.2 Å². The van der Waals surface area contributed by atoms with Crippen molar-refractivity contribution in [3.05, 3.63) is 24.3 Å². The fourth-order valence-corrected chi connectivity index (χ4v) is 3.17. The average Bonchev–Trinajstić information content (AvgIpc) is 2.27. The van der Waals surface area contributed by atoms with Gasteiger partial charge in [-0.15, -0.1) is 0 Å². The number of methoxy groups -OCH3 is 1. The number of benzene rings is 1. The van der Waals surface area contributed by atoms with E-state index in [1.807, 2.05) is 0 Å². The molecule has 108 valence electrons. The summed E-state index contributed by atoms with van der Waals surface area (Å²) in [5.41, 5.74) is 0. The number of hydrogen-bond donors (Lipinski definition) is 2. The van der Waals surface area contributed by atoms with E-state index < -0.39 is 26.1 Å². The van der Waals surface area contributed by atoms with E-state index >= 15 is 0 Å². The molecule has 0 aromatic heterocycles. The van der Waals surface area contributed by atoms with Gasteiger partial charge in [-0.2, -0.15) is 0 Å². The fraction of sp³-hybridized carbons (Fsp3) is 0.400. The molecule has 1 rings (SSSR count). The van der Waals surface area contributed by atoms with Crippen molar-refractivity contribution in [2.75, 3.05) is 13.7 Å². The van der Waals surface area contributed by atoms with Crippen LogP contribution in [0, 0.1) is 0 Å². The first-order valence-corrected chi connectivity index (χ1v) is 8.34. The number of nitrogens with one attached hydrogen (secondary N) is 1. The minimum absolute atomic E-state index is 0.0390. The Bertz CT molecular complexity index is 622. The smallest absolute Gasteiger partial charge is 0.240 e. The molecule has 3 N–H and O–H groups in total. The zero-order chi connectivity index (χ0) is 14.7. The van der Waals surface area contributed by atoms with E-state index in [0.717, 1.165) is 12.1 Å². The molecule has 0 bridgehead atoms. The van der Waals surface area contributed by atoms with E-state index in [1.54, 1.807) is 6.92 Å². The summed E-state index contributed by atoms with van der Waals surface area (Å²) < 4.78 is 53.2. The van der Waals surface area contributed by atoms with Gasteiger partial charge in [0.05, 0.1) is 16.4 Å². The van der Waals surface area contributed by atoms with Gasteiger partial charge in [0.15, 0.2) is 0 Å². The minimum Gasteiger partial charge on any atom is -0.383 e.